The molecule has 0 saturated carbocycles. The van der Waals surface area contributed by atoms with Gasteiger partial charge in [-0.1, -0.05) is 24.3 Å². The van der Waals surface area contributed by atoms with Crippen LogP contribution in [0.2, 0.25) is 0 Å². The molecule has 33 heavy (non-hydrogen) atoms. The molecule has 0 saturated heterocycles. The minimum Gasteiger partial charge on any atom is -0.493 e. The van der Waals surface area contributed by atoms with E-state index in [4.69, 9.17) is 14.2 Å². The summed E-state index contributed by atoms with van der Waals surface area (Å²) in [6.07, 6.45) is 3.76. The molecular weight excluding hydrogens is 420 g/mol. The highest BCUT2D eigenvalue weighted by atomic mass is 16.6. The highest BCUT2D eigenvalue weighted by Gasteiger charge is 2.42. The maximum absolute atomic E-state index is 12.9. The lowest BCUT2D eigenvalue weighted by atomic mass is 9.73. The first kappa shape index (κ1) is 21.2. The SMILES string of the molecule is COc1cc(C2C3=C(CCCC3=O)OC3=C2C(=O)CCC3)ccc1OC(=O)c1ccccc1. The van der Waals surface area contributed by atoms with E-state index in [9.17, 15) is 14.4 Å². The first-order valence-corrected chi connectivity index (χ1v) is 11.2. The van der Waals surface area contributed by atoms with E-state index in [0.29, 0.717) is 59.7 Å². The highest BCUT2D eigenvalue weighted by Crippen LogP contribution is 2.48. The quantitative estimate of drug-likeness (QED) is 0.485. The number of esters is 1. The number of ether oxygens (including phenoxy) is 3. The van der Waals surface area contributed by atoms with Gasteiger partial charge in [0.05, 0.1) is 12.7 Å². The fraction of sp³-hybridized carbons (Fsp3) is 0.296. The number of hydrogen-bond donors (Lipinski definition) is 0. The molecule has 2 aromatic rings. The summed E-state index contributed by atoms with van der Waals surface area (Å²) >= 11 is 0. The molecular formula is C27H24O6. The van der Waals surface area contributed by atoms with Gasteiger partial charge in [-0.05, 0) is 42.7 Å². The molecule has 6 heteroatoms. The molecule has 0 aromatic heterocycles. The maximum atomic E-state index is 12.9. The normalized spacial score (nSPS) is 18.5. The van der Waals surface area contributed by atoms with E-state index in [1.807, 2.05) is 6.07 Å². The Hall–Kier alpha value is -3.67. The number of rotatable bonds is 4. The zero-order valence-corrected chi connectivity index (χ0v) is 18.4. The van der Waals surface area contributed by atoms with E-state index in [2.05, 4.69) is 0 Å². The summed E-state index contributed by atoms with van der Waals surface area (Å²) < 4.78 is 17.2. The molecule has 0 fully saturated rings. The molecule has 2 aromatic carbocycles. The van der Waals surface area contributed by atoms with Crippen molar-refractivity contribution >= 4 is 17.5 Å². The van der Waals surface area contributed by atoms with Crippen molar-refractivity contribution in [3.63, 3.8) is 0 Å². The van der Waals surface area contributed by atoms with Crippen LogP contribution in [-0.4, -0.2) is 24.6 Å². The van der Waals surface area contributed by atoms with Crippen LogP contribution in [0, 0.1) is 0 Å². The van der Waals surface area contributed by atoms with Crippen LogP contribution in [0.25, 0.3) is 0 Å². The minimum absolute atomic E-state index is 0.0183. The van der Waals surface area contributed by atoms with Gasteiger partial charge in [0.25, 0.3) is 0 Å². The molecule has 2 aliphatic carbocycles. The van der Waals surface area contributed by atoms with E-state index in [0.717, 1.165) is 18.4 Å². The van der Waals surface area contributed by atoms with Crippen LogP contribution >= 0.6 is 0 Å². The largest absolute Gasteiger partial charge is 0.493 e. The Labute approximate surface area is 191 Å². The molecule has 0 unspecified atom stereocenters. The van der Waals surface area contributed by atoms with Crippen LogP contribution in [0.1, 0.15) is 60.4 Å². The van der Waals surface area contributed by atoms with E-state index in [1.54, 1.807) is 42.5 Å². The third-order valence-corrected chi connectivity index (χ3v) is 6.37. The van der Waals surface area contributed by atoms with Crippen molar-refractivity contribution in [3.8, 4) is 11.5 Å². The molecule has 0 N–H and O–H groups in total. The van der Waals surface area contributed by atoms with Crippen LogP contribution in [0.3, 0.4) is 0 Å². The first-order valence-electron chi connectivity index (χ1n) is 11.2. The van der Waals surface area contributed by atoms with Gasteiger partial charge in [-0.15, -0.1) is 0 Å². The highest BCUT2D eigenvalue weighted by molar-refractivity contribution is 6.05. The Balaban J connectivity index is 1.55. The van der Waals surface area contributed by atoms with E-state index in [-0.39, 0.29) is 17.3 Å². The second-order valence-electron chi connectivity index (χ2n) is 8.43. The number of carbonyl (C=O) groups excluding carboxylic acids is 3. The molecule has 0 radical (unpaired) electrons. The van der Waals surface area contributed by atoms with Gasteiger partial charge in [-0.25, -0.2) is 4.79 Å². The predicted molar refractivity (Wildman–Crippen MR) is 120 cm³/mol. The fourth-order valence-electron chi connectivity index (χ4n) is 4.83. The molecule has 0 bridgehead atoms. The van der Waals surface area contributed by atoms with Crippen LogP contribution in [0.4, 0.5) is 0 Å². The Morgan fingerprint density at radius 1 is 0.848 bits per heavy atom. The molecule has 0 spiro atoms. The summed E-state index contributed by atoms with van der Waals surface area (Å²) in [5, 5.41) is 0. The Bertz CT molecular complexity index is 1160. The van der Waals surface area contributed by atoms with Gasteiger partial charge in [-0.2, -0.15) is 0 Å². The van der Waals surface area contributed by atoms with E-state index < -0.39 is 11.9 Å². The number of hydrogen-bond acceptors (Lipinski definition) is 6. The zero-order valence-electron chi connectivity index (χ0n) is 18.4. The van der Waals surface area contributed by atoms with Crippen LogP contribution in [-0.2, 0) is 14.3 Å². The van der Waals surface area contributed by atoms with Crippen LogP contribution in [0.15, 0.2) is 71.2 Å². The zero-order chi connectivity index (χ0) is 22.9. The third kappa shape index (κ3) is 3.86. The summed E-state index contributed by atoms with van der Waals surface area (Å²) in [5.41, 5.74) is 2.33. The molecule has 0 amide bonds. The fourth-order valence-corrected chi connectivity index (χ4v) is 4.83. The minimum atomic E-state index is -0.493. The maximum Gasteiger partial charge on any atom is 0.343 e. The van der Waals surface area contributed by atoms with Crippen molar-refractivity contribution in [2.24, 2.45) is 0 Å². The lowest BCUT2D eigenvalue weighted by molar-refractivity contribution is -0.117. The molecule has 5 rings (SSSR count). The van der Waals surface area contributed by atoms with Gasteiger partial charge in [0.2, 0.25) is 0 Å². The van der Waals surface area contributed by atoms with Crippen LogP contribution < -0.4 is 9.47 Å². The Morgan fingerprint density at radius 2 is 1.48 bits per heavy atom. The van der Waals surface area contributed by atoms with Crippen LogP contribution in [0.5, 0.6) is 11.5 Å². The molecule has 0 atom stereocenters. The summed E-state index contributed by atoms with van der Waals surface area (Å²) in [6.45, 7) is 0. The molecule has 3 aliphatic rings. The molecule has 1 heterocycles. The van der Waals surface area contributed by atoms with E-state index >= 15 is 0 Å². The van der Waals surface area contributed by atoms with Crippen molar-refractivity contribution in [3.05, 3.63) is 82.3 Å². The lowest BCUT2D eigenvalue weighted by Gasteiger charge is -2.36. The summed E-state index contributed by atoms with van der Waals surface area (Å²) in [5.74, 6) is 1.06. The Kier molecular flexibility index (Phi) is 5.58. The van der Waals surface area contributed by atoms with Gasteiger partial charge in [0, 0.05) is 42.7 Å². The number of Topliss-reactive ketones (excluding diaryl/α,β-unsaturated/α-hetero) is 2. The number of methoxy groups -OCH3 is 1. The van der Waals surface area contributed by atoms with Crippen molar-refractivity contribution in [1.29, 1.82) is 0 Å². The average molecular weight is 444 g/mol. The predicted octanol–water partition coefficient (Wildman–Crippen LogP) is 5.04. The monoisotopic (exact) mass is 444 g/mol. The van der Waals surface area contributed by atoms with Crippen molar-refractivity contribution < 1.29 is 28.6 Å². The number of carbonyl (C=O) groups is 3. The van der Waals surface area contributed by atoms with Gasteiger partial charge in [0.1, 0.15) is 11.5 Å². The van der Waals surface area contributed by atoms with Crippen molar-refractivity contribution in [2.75, 3.05) is 7.11 Å². The molecule has 1 aliphatic heterocycles. The number of ketones is 2. The van der Waals surface area contributed by atoms with Gasteiger partial charge in [0.15, 0.2) is 23.1 Å². The number of allylic oxidation sites excluding steroid dienone is 4. The van der Waals surface area contributed by atoms with Gasteiger partial charge >= 0.3 is 5.97 Å². The second kappa shape index (κ2) is 8.70. The summed E-state index contributed by atoms with van der Waals surface area (Å²) in [6, 6.07) is 13.9. The van der Waals surface area contributed by atoms with Crippen molar-refractivity contribution in [2.45, 2.75) is 44.4 Å². The number of benzene rings is 2. The van der Waals surface area contributed by atoms with E-state index in [1.165, 1.54) is 7.11 Å². The Morgan fingerprint density at radius 3 is 2.09 bits per heavy atom. The topological polar surface area (TPSA) is 78.9 Å². The molecule has 168 valence electrons. The first-order chi connectivity index (χ1) is 16.1. The lowest BCUT2D eigenvalue weighted by Crippen LogP contribution is -2.30. The smallest absolute Gasteiger partial charge is 0.343 e. The van der Waals surface area contributed by atoms with Crippen molar-refractivity contribution in [1.82, 2.24) is 0 Å². The van der Waals surface area contributed by atoms with Gasteiger partial charge < -0.3 is 14.2 Å². The average Bonchev–Trinajstić information content (AvgIpc) is 2.84. The standard InChI is InChI=1S/C27H24O6/c1-31-23-15-17(13-14-20(23)33-27(30)16-7-3-2-4-8-16)24-25-18(28)9-5-11-21(25)32-22-12-6-10-19(29)26(22)24/h2-4,7-8,13-15,24H,5-6,9-12H2,1H3. The molecule has 6 nitrogen and oxygen atoms in total. The second-order valence-corrected chi connectivity index (χ2v) is 8.43. The third-order valence-electron chi connectivity index (χ3n) is 6.37. The van der Waals surface area contributed by atoms with Gasteiger partial charge in [-0.3, -0.25) is 9.59 Å². The summed E-state index contributed by atoms with van der Waals surface area (Å²) in [4.78, 5) is 38.4. The summed E-state index contributed by atoms with van der Waals surface area (Å²) in [7, 11) is 1.50.